The van der Waals surface area contributed by atoms with Crippen molar-refractivity contribution in [1.82, 2.24) is 14.7 Å². The Morgan fingerprint density at radius 3 is 2.48 bits per heavy atom. The third-order valence-corrected chi connectivity index (χ3v) is 5.19. The van der Waals surface area contributed by atoms with E-state index in [4.69, 9.17) is 0 Å². The summed E-state index contributed by atoms with van der Waals surface area (Å²) in [6.07, 6.45) is 7.57. The normalized spacial score (nSPS) is 15.4. The summed E-state index contributed by atoms with van der Waals surface area (Å²) in [4.78, 5) is 2.49. The summed E-state index contributed by atoms with van der Waals surface area (Å²) in [5, 5.41) is 4.39. The van der Waals surface area contributed by atoms with Crippen LogP contribution in [0, 0.1) is 11.7 Å². The van der Waals surface area contributed by atoms with Crippen molar-refractivity contribution < 1.29 is 4.39 Å². The first-order valence-electron chi connectivity index (χ1n) is 9.32. The lowest BCUT2D eigenvalue weighted by atomic mass is 9.90. The van der Waals surface area contributed by atoms with E-state index in [1.54, 1.807) is 10.7 Å². The van der Waals surface area contributed by atoms with E-state index in [0.29, 0.717) is 0 Å². The lowest BCUT2D eigenvalue weighted by molar-refractivity contribution is 0.177. The number of benzene rings is 2. The van der Waals surface area contributed by atoms with E-state index in [1.807, 2.05) is 18.5 Å². The van der Waals surface area contributed by atoms with E-state index in [-0.39, 0.29) is 18.2 Å². The van der Waals surface area contributed by atoms with Gasteiger partial charge in [0.25, 0.3) is 0 Å². The quantitative estimate of drug-likeness (QED) is 0.623. The molecule has 5 heteroatoms. The molecule has 0 amide bonds. The topological polar surface area (TPSA) is 21.1 Å². The van der Waals surface area contributed by atoms with Crippen molar-refractivity contribution in [2.45, 2.75) is 25.8 Å². The average Bonchev–Trinajstić information content (AvgIpc) is 3.13. The fourth-order valence-corrected chi connectivity index (χ4v) is 3.76. The van der Waals surface area contributed by atoms with Gasteiger partial charge < -0.3 is 0 Å². The molecular formula is C22H25ClFN3. The van der Waals surface area contributed by atoms with Crippen molar-refractivity contribution in [2.24, 2.45) is 5.92 Å². The molecule has 3 nitrogen and oxygen atoms in total. The van der Waals surface area contributed by atoms with Crippen LogP contribution >= 0.6 is 12.4 Å². The number of halogens is 2. The summed E-state index contributed by atoms with van der Waals surface area (Å²) >= 11 is 0. The molecule has 2 aromatic carbocycles. The van der Waals surface area contributed by atoms with Crippen LogP contribution in [0.25, 0.3) is 5.69 Å². The summed E-state index contributed by atoms with van der Waals surface area (Å²) in [6.45, 7) is 3.17. The molecule has 1 saturated heterocycles. The Labute approximate surface area is 166 Å². The highest BCUT2D eigenvalue weighted by molar-refractivity contribution is 5.85. The zero-order valence-corrected chi connectivity index (χ0v) is 16.1. The first kappa shape index (κ1) is 19.6. The summed E-state index contributed by atoms with van der Waals surface area (Å²) in [6, 6.07) is 17.3. The first-order valence-corrected chi connectivity index (χ1v) is 9.32. The predicted octanol–water partition coefficient (Wildman–Crippen LogP) is 4.89. The number of likely N-dealkylation sites (tertiary alicyclic amines) is 1. The SMILES string of the molecule is Cl.Fc1cccc(-n2cc(CN3CCC(Cc4ccccc4)CC3)cn2)c1. The Bertz CT molecular complexity index is 842. The van der Waals surface area contributed by atoms with Gasteiger partial charge in [-0.15, -0.1) is 12.4 Å². The molecule has 0 bridgehead atoms. The maximum absolute atomic E-state index is 13.4. The maximum Gasteiger partial charge on any atom is 0.125 e. The molecule has 0 saturated carbocycles. The zero-order chi connectivity index (χ0) is 17.8. The lowest BCUT2D eigenvalue weighted by Gasteiger charge is -2.31. The second-order valence-corrected chi connectivity index (χ2v) is 7.18. The van der Waals surface area contributed by atoms with Crippen molar-refractivity contribution in [3.63, 3.8) is 0 Å². The molecule has 2 heterocycles. The van der Waals surface area contributed by atoms with Gasteiger partial charge in [0.2, 0.25) is 0 Å². The van der Waals surface area contributed by atoms with Gasteiger partial charge in [-0.05, 0) is 62.0 Å². The number of piperidine rings is 1. The molecule has 1 aliphatic rings. The minimum atomic E-state index is -0.236. The molecule has 4 rings (SSSR count). The Morgan fingerprint density at radius 1 is 0.963 bits per heavy atom. The van der Waals surface area contributed by atoms with Crippen LogP contribution in [0.4, 0.5) is 4.39 Å². The fourth-order valence-electron chi connectivity index (χ4n) is 3.76. The smallest absolute Gasteiger partial charge is 0.125 e. The Balaban J connectivity index is 0.00000210. The molecule has 1 aromatic heterocycles. The molecule has 27 heavy (non-hydrogen) atoms. The van der Waals surface area contributed by atoms with E-state index in [0.717, 1.165) is 31.2 Å². The van der Waals surface area contributed by atoms with Gasteiger partial charge in [0, 0.05) is 18.3 Å². The van der Waals surface area contributed by atoms with E-state index >= 15 is 0 Å². The van der Waals surface area contributed by atoms with Gasteiger partial charge in [0.05, 0.1) is 11.9 Å². The third kappa shape index (κ3) is 5.18. The van der Waals surface area contributed by atoms with Gasteiger partial charge in [-0.25, -0.2) is 9.07 Å². The van der Waals surface area contributed by atoms with Gasteiger partial charge in [-0.3, -0.25) is 4.90 Å². The van der Waals surface area contributed by atoms with Crippen LogP contribution in [-0.2, 0) is 13.0 Å². The van der Waals surface area contributed by atoms with Gasteiger partial charge >= 0.3 is 0 Å². The maximum atomic E-state index is 13.4. The van der Waals surface area contributed by atoms with Gasteiger partial charge in [0.15, 0.2) is 0 Å². The second-order valence-electron chi connectivity index (χ2n) is 7.18. The predicted molar refractivity (Wildman–Crippen MR) is 109 cm³/mol. The van der Waals surface area contributed by atoms with Gasteiger partial charge in [-0.1, -0.05) is 36.4 Å². The molecular weight excluding hydrogens is 361 g/mol. The minimum Gasteiger partial charge on any atom is -0.299 e. The monoisotopic (exact) mass is 385 g/mol. The molecule has 3 aromatic rings. The lowest BCUT2D eigenvalue weighted by Crippen LogP contribution is -2.33. The number of nitrogens with zero attached hydrogens (tertiary/aromatic N) is 3. The van der Waals surface area contributed by atoms with Crippen LogP contribution in [0.15, 0.2) is 67.0 Å². The molecule has 0 N–H and O–H groups in total. The van der Waals surface area contributed by atoms with Crippen molar-refractivity contribution in [2.75, 3.05) is 13.1 Å². The highest BCUT2D eigenvalue weighted by Crippen LogP contribution is 2.23. The molecule has 0 radical (unpaired) electrons. The summed E-state index contributed by atoms with van der Waals surface area (Å²) in [5.74, 6) is 0.545. The van der Waals surface area contributed by atoms with Gasteiger partial charge in [-0.2, -0.15) is 5.10 Å². The van der Waals surface area contributed by atoms with Crippen LogP contribution in [0.3, 0.4) is 0 Å². The molecule has 0 aliphatic carbocycles. The largest absolute Gasteiger partial charge is 0.299 e. The molecule has 0 spiro atoms. The molecule has 1 fully saturated rings. The van der Waals surface area contributed by atoms with Crippen molar-refractivity contribution in [3.8, 4) is 5.69 Å². The number of hydrogen-bond donors (Lipinski definition) is 0. The summed E-state index contributed by atoms with van der Waals surface area (Å²) < 4.78 is 15.1. The van der Waals surface area contributed by atoms with Crippen LogP contribution in [0.1, 0.15) is 24.0 Å². The van der Waals surface area contributed by atoms with Crippen LogP contribution in [-0.4, -0.2) is 27.8 Å². The van der Waals surface area contributed by atoms with E-state index in [1.165, 1.54) is 42.5 Å². The number of rotatable bonds is 5. The standard InChI is InChI=1S/C22H24FN3.ClH/c23-21-7-4-8-22(14-21)26-17-20(15-24-26)16-25-11-9-19(10-12-25)13-18-5-2-1-3-6-18;/h1-8,14-15,17,19H,9-13,16H2;1H. The minimum absolute atomic E-state index is 0. The van der Waals surface area contributed by atoms with Crippen LogP contribution in [0.5, 0.6) is 0 Å². The van der Waals surface area contributed by atoms with Crippen LogP contribution in [0.2, 0.25) is 0 Å². The first-order chi connectivity index (χ1) is 12.8. The highest BCUT2D eigenvalue weighted by atomic mass is 35.5. The number of aromatic nitrogens is 2. The van der Waals surface area contributed by atoms with Crippen molar-refractivity contribution in [3.05, 3.63) is 83.9 Å². The van der Waals surface area contributed by atoms with E-state index in [9.17, 15) is 4.39 Å². The van der Waals surface area contributed by atoms with Crippen molar-refractivity contribution in [1.29, 1.82) is 0 Å². The average molecular weight is 386 g/mol. The Hall–Kier alpha value is -2.17. The molecule has 142 valence electrons. The van der Waals surface area contributed by atoms with E-state index < -0.39 is 0 Å². The fraction of sp³-hybridized carbons (Fsp3) is 0.318. The Kier molecular flexibility index (Phi) is 6.64. The van der Waals surface area contributed by atoms with Gasteiger partial charge in [0.1, 0.15) is 5.82 Å². The highest BCUT2D eigenvalue weighted by Gasteiger charge is 2.20. The van der Waals surface area contributed by atoms with E-state index in [2.05, 4.69) is 40.3 Å². The zero-order valence-electron chi connectivity index (χ0n) is 15.3. The molecule has 1 aliphatic heterocycles. The Morgan fingerprint density at radius 2 is 1.74 bits per heavy atom. The number of hydrogen-bond acceptors (Lipinski definition) is 2. The molecule has 0 atom stereocenters. The van der Waals surface area contributed by atoms with Crippen LogP contribution < -0.4 is 0 Å². The summed E-state index contributed by atoms with van der Waals surface area (Å²) in [5.41, 5.74) is 3.39. The second kappa shape index (κ2) is 9.16. The molecule has 0 unspecified atom stereocenters. The van der Waals surface area contributed by atoms with Crippen molar-refractivity contribution >= 4 is 12.4 Å². The summed E-state index contributed by atoms with van der Waals surface area (Å²) in [7, 11) is 0. The third-order valence-electron chi connectivity index (χ3n) is 5.19.